The van der Waals surface area contributed by atoms with Crippen molar-refractivity contribution in [2.45, 2.75) is 26.9 Å². The summed E-state index contributed by atoms with van der Waals surface area (Å²) in [7, 11) is 2.75. The van der Waals surface area contributed by atoms with Crippen molar-refractivity contribution in [2.75, 3.05) is 18.6 Å². The van der Waals surface area contributed by atoms with E-state index in [-0.39, 0.29) is 17.1 Å². The molecule has 1 atom stereocenters. The van der Waals surface area contributed by atoms with Crippen LogP contribution in [0.2, 0.25) is 5.02 Å². The first kappa shape index (κ1) is 20.2. The zero-order valence-electron chi connectivity index (χ0n) is 17.2. The van der Waals surface area contributed by atoms with Crippen molar-refractivity contribution < 1.29 is 9.53 Å². The molecule has 0 saturated carbocycles. The lowest BCUT2D eigenvalue weighted by Crippen LogP contribution is -2.42. The highest BCUT2D eigenvalue weighted by Crippen LogP contribution is 2.36. The first-order valence-electron chi connectivity index (χ1n) is 9.54. The molecule has 3 heterocycles. The molecule has 4 rings (SSSR count). The summed E-state index contributed by atoms with van der Waals surface area (Å²) in [5.74, 6) is 0.104. The Labute approximate surface area is 177 Å². The van der Waals surface area contributed by atoms with Crippen LogP contribution in [-0.4, -0.2) is 38.3 Å². The standard InChI is InChI=1S/C20H22ClN5O4/c1-11-8-24(14-7-5-6-13(21)12(14)2)19-22-17-16(25(19)9-11)18(28)26(10-15(27)30-4)20(29)23(17)3/h5-7,11H,8-10H2,1-4H3. The summed E-state index contributed by atoms with van der Waals surface area (Å²) in [5, 5.41) is 0.640. The van der Waals surface area contributed by atoms with Crippen LogP contribution in [0.15, 0.2) is 27.8 Å². The summed E-state index contributed by atoms with van der Waals surface area (Å²) in [5.41, 5.74) is 1.18. The molecule has 0 radical (unpaired) electrons. The molecule has 1 aliphatic rings. The van der Waals surface area contributed by atoms with Crippen LogP contribution in [0.25, 0.3) is 11.2 Å². The molecule has 10 heteroatoms. The minimum Gasteiger partial charge on any atom is -0.468 e. The second-order valence-electron chi connectivity index (χ2n) is 7.60. The minimum absolute atomic E-state index is 0.207. The maximum Gasteiger partial charge on any atom is 0.333 e. The third-order valence-corrected chi connectivity index (χ3v) is 5.90. The normalized spacial score (nSPS) is 16.0. The number of hydrogen-bond acceptors (Lipinski definition) is 6. The number of anilines is 2. The van der Waals surface area contributed by atoms with E-state index in [0.717, 1.165) is 15.8 Å². The molecule has 9 nitrogen and oxygen atoms in total. The molecule has 0 fully saturated rings. The Morgan fingerprint density at radius 1 is 1.30 bits per heavy atom. The molecule has 0 aliphatic carbocycles. The molecule has 1 unspecified atom stereocenters. The SMILES string of the molecule is COC(=O)Cn1c(=O)c2c(nc3n2CC(C)CN3c2cccc(Cl)c2C)n(C)c1=O. The number of halogens is 1. The molecular weight excluding hydrogens is 410 g/mol. The van der Waals surface area contributed by atoms with Gasteiger partial charge in [-0.25, -0.2) is 9.36 Å². The van der Waals surface area contributed by atoms with Crippen molar-refractivity contribution in [3.05, 3.63) is 49.6 Å². The maximum atomic E-state index is 13.2. The third kappa shape index (κ3) is 3.00. The van der Waals surface area contributed by atoms with Gasteiger partial charge in [0.2, 0.25) is 5.95 Å². The van der Waals surface area contributed by atoms with Gasteiger partial charge in [0.1, 0.15) is 6.54 Å². The monoisotopic (exact) mass is 431 g/mol. The van der Waals surface area contributed by atoms with Gasteiger partial charge in [0.15, 0.2) is 11.2 Å². The number of esters is 1. The molecule has 1 aliphatic heterocycles. The number of rotatable bonds is 3. The Hall–Kier alpha value is -3.07. The molecule has 2 aromatic heterocycles. The summed E-state index contributed by atoms with van der Waals surface area (Å²) >= 11 is 6.33. The topological polar surface area (TPSA) is 91.4 Å². The second-order valence-corrected chi connectivity index (χ2v) is 8.01. The zero-order valence-corrected chi connectivity index (χ0v) is 17.9. The van der Waals surface area contributed by atoms with Crippen LogP contribution in [0.1, 0.15) is 12.5 Å². The van der Waals surface area contributed by atoms with Gasteiger partial charge in [-0.05, 0) is 30.5 Å². The summed E-state index contributed by atoms with van der Waals surface area (Å²) in [6.07, 6.45) is 0. The van der Waals surface area contributed by atoms with Gasteiger partial charge in [-0.3, -0.25) is 14.2 Å². The van der Waals surface area contributed by atoms with Gasteiger partial charge >= 0.3 is 11.7 Å². The summed E-state index contributed by atoms with van der Waals surface area (Å²) in [4.78, 5) is 44.3. The van der Waals surface area contributed by atoms with Crippen LogP contribution in [0.3, 0.4) is 0 Å². The van der Waals surface area contributed by atoms with Crippen LogP contribution >= 0.6 is 11.6 Å². The molecule has 0 bridgehead atoms. The molecule has 30 heavy (non-hydrogen) atoms. The average molecular weight is 432 g/mol. The Kier molecular flexibility index (Phi) is 4.93. The number of imidazole rings is 1. The number of hydrogen-bond donors (Lipinski definition) is 0. The Bertz CT molecular complexity index is 1290. The highest BCUT2D eigenvalue weighted by molar-refractivity contribution is 6.31. The first-order valence-corrected chi connectivity index (χ1v) is 9.92. The highest BCUT2D eigenvalue weighted by Gasteiger charge is 2.30. The third-order valence-electron chi connectivity index (χ3n) is 5.49. The molecule has 0 N–H and O–H groups in total. The van der Waals surface area contributed by atoms with Gasteiger partial charge in [-0.2, -0.15) is 4.98 Å². The predicted octanol–water partition coefficient (Wildman–Crippen LogP) is 1.82. The minimum atomic E-state index is -0.670. The van der Waals surface area contributed by atoms with E-state index in [1.54, 1.807) is 0 Å². The summed E-state index contributed by atoms with van der Waals surface area (Å²) in [6, 6.07) is 5.65. The number of benzene rings is 1. The number of aryl methyl sites for hydroxylation is 1. The Balaban J connectivity index is 2.01. The van der Waals surface area contributed by atoms with E-state index in [1.165, 1.54) is 18.7 Å². The maximum absolute atomic E-state index is 13.2. The number of carbonyl (C=O) groups excluding carboxylic acids is 1. The molecule has 1 aromatic carbocycles. The van der Waals surface area contributed by atoms with E-state index in [1.807, 2.05) is 34.6 Å². The number of aromatic nitrogens is 4. The van der Waals surface area contributed by atoms with Crippen LogP contribution < -0.4 is 16.1 Å². The molecule has 158 valence electrons. The quantitative estimate of drug-likeness (QED) is 0.587. The van der Waals surface area contributed by atoms with Crippen molar-refractivity contribution in [3.8, 4) is 0 Å². The van der Waals surface area contributed by atoms with Gasteiger partial charge in [0.05, 0.1) is 7.11 Å². The molecule has 0 saturated heterocycles. The number of fused-ring (bicyclic) bond motifs is 3. The van der Waals surface area contributed by atoms with Gasteiger partial charge < -0.3 is 14.2 Å². The lowest BCUT2D eigenvalue weighted by molar-refractivity contribution is -0.141. The van der Waals surface area contributed by atoms with Crippen molar-refractivity contribution in [3.63, 3.8) is 0 Å². The summed E-state index contributed by atoms with van der Waals surface area (Å²) < 4.78 is 8.63. The van der Waals surface area contributed by atoms with Crippen LogP contribution in [-0.2, 0) is 29.7 Å². The number of methoxy groups -OCH3 is 1. The van der Waals surface area contributed by atoms with Crippen LogP contribution in [0.5, 0.6) is 0 Å². The Morgan fingerprint density at radius 2 is 2.03 bits per heavy atom. The lowest BCUT2D eigenvalue weighted by atomic mass is 10.1. The van der Waals surface area contributed by atoms with Gasteiger partial charge in [-0.1, -0.05) is 24.6 Å². The molecule has 3 aromatic rings. The Morgan fingerprint density at radius 3 is 2.73 bits per heavy atom. The summed E-state index contributed by atoms with van der Waals surface area (Å²) in [6.45, 7) is 4.81. The molecule has 0 spiro atoms. The highest BCUT2D eigenvalue weighted by atomic mass is 35.5. The smallest absolute Gasteiger partial charge is 0.333 e. The van der Waals surface area contributed by atoms with E-state index in [4.69, 9.17) is 11.6 Å². The van der Waals surface area contributed by atoms with E-state index < -0.39 is 23.8 Å². The van der Waals surface area contributed by atoms with Crippen molar-refractivity contribution >= 4 is 40.4 Å². The largest absolute Gasteiger partial charge is 0.468 e. The van der Waals surface area contributed by atoms with Crippen molar-refractivity contribution in [1.29, 1.82) is 0 Å². The zero-order chi connectivity index (χ0) is 21.7. The van der Waals surface area contributed by atoms with E-state index >= 15 is 0 Å². The van der Waals surface area contributed by atoms with E-state index in [2.05, 4.69) is 16.6 Å². The predicted molar refractivity (Wildman–Crippen MR) is 114 cm³/mol. The fourth-order valence-corrected chi connectivity index (χ4v) is 4.10. The van der Waals surface area contributed by atoms with Gasteiger partial charge in [0, 0.05) is 30.8 Å². The number of nitrogens with zero attached hydrogens (tertiary/aromatic N) is 5. The van der Waals surface area contributed by atoms with Gasteiger partial charge in [-0.15, -0.1) is 0 Å². The second kappa shape index (κ2) is 7.32. The fraction of sp³-hybridized carbons (Fsp3) is 0.400. The van der Waals surface area contributed by atoms with Crippen molar-refractivity contribution in [2.24, 2.45) is 13.0 Å². The molecule has 0 amide bonds. The lowest BCUT2D eigenvalue weighted by Gasteiger charge is -2.34. The molecular formula is C20H22ClN5O4. The first-order chi connectivity index (χ1) is 14.2. The van der Waals surface area contributed by atoms with Crippen molar-refractivity contribution in [1.82, 2.24) is 18.7 Å². The van der Waals surface area contributed by atoms with E-state index in [0.29, 0.717) is 24.1 Å². The van der Waals surface area contributed by atoms with Crippen LogP contribution in [0, 0.1) is 12.8 Å². The van der Waals surface area contributed by atoms with E-state index in [9.17, 15) is 14.4 Å². The van der Waals surface area contributed by atoms with Gasteiger partial charge in [0.25, 0.3) is 5.56 Å². The average Bonchev–Trinajstić information content (AvgIpc) is 3.10. The van der Waals surface area contributed by atoms with Crippen LogP contribution in [0.4, 0.5) is 11.6 Å². The number of carbonyl (C=O) groups is 1. The fourth-order valence-electron chi connectivity index (χ4n) is 3.93. The number of ether oxygens (including phenoxy) is 1.